The third kappa shape index (κ3) is 3.40. The Balaban J connectivity index is 2.12. The van der Waals surface area contributed by atoms with Crippen LogP contribution < -0.4 is 16.0 Å². The van der Waals surface area contributed by atoms with Gasteiger partial charge in [-0.1, -0.05) is 25.2 Å². The number of nitrogens with two attached hydrogens (primary N) is 1. The van der Waals surface area contributed by atoms with Gasteiger partial charge in [0.05, 0.1) is 0 Å². The van der Waals surface area contributed by atoms with Crippen LogP contribution >= 0.6 is 11.3 Å². The number of rotatable bonds is 4. The summed E-state index contributed by atoms with van der Waals surface area (Å²) in [4.78, 5) is 21.2. The van der Waals surface area contributed by atoms with E-state index in [9.17, 15) is 4.79 Å². The molecule has 1 aliphatic rings. The van der Waals surface area contributed by atoms with Gasteiger partial charge in [-0.2, -0.15) is 0 Å². The number of carbonyl (C=O) groups is 1. The molecule has 2 rings (SSSR count). The second-order valence-electron chi connectivity index (χ2n) is 5.53. The van der Waals surface area contributed by atoms with Crippen molar-refractivity contribution in [1.29, 1.82) is 0 Å². The van der Waals surface area contributed by atoms with Gasteiger partial charge in [-0.3, -0.25) is 4.79 Å². The molecule has 0 aliphatic carbocycles. The molecule has 0 unspecified atom stereocenters. The zero-order valence-corrected chi connectivity index (χ0v) is 13.2. The summed E-state index contributed by atoms with van der Waals surface area (Å²) in [6, 6.07) is 0. The molecule has 1 aliphatic heterocycles. The molecule has 7 heteroatoms. The lowest BCUT2D eigenvalue weighted by molar-refractivity contribution is 0.0784. The molecule has 1 amide bonds. The van der Waals surface area contributed by atoms with E-state index < -0.39 is 0 Å². The van der Waals surface area contributed by atoms with Crippen molar-refractivity contribution in [2.24, 2.45) is 5.92 Å². The van der Waals surface area contributed by atoms with Crippen LogP contribution in [0.15, 0.2) is 0 Å². The average molecular weight is 297 g/mol. The number of nitrogen functional groups attached to an aromatic ring is 1. The van der Waals surface area contributed by atoms with Crippen LogP contribution in [0, 0.1) is 5.92 Å². The molecule has 0 radical (unpaired) electrons. The number of anilines is 2. The van der Waals surface area contributed by atoms with Crippen molar-refractivity contribution in [2.45, 2.75) is 13.8 Å². The molecule has 112 valence electrons. The molecule has 6 nitrogen and oxygen atoms in total. The Morgan fingerprint density at radius 2 is 2.15 bits per heavy atom. The first-order valence-corrected chi connectivity index (χ1v) is 7.78. The smallest absolute Gasteiger partial charge is 0.267 e. The molecule has 2 heterocycles. The van der Waals surface area contributed by atoms with Gasteiger partial charge in [0.15, 0.2) is 5.13 Å². The van der Waals surface area contributed by atoms with Crippen LogP contribution in [-0.2, 0) is 0 Å². The Labute approximate surface area is 124 Å². The number of nitrogens with one attached hydrogen (secondary N) is 1. The third-order valence-electron chi connectivity index (χ3n) is 3.21. The van der Waals surface area contributed by atoms with Gasteiger partial charge in [0.1, 0.15) is 10.7 Å². The predicted octanol–water partition coefficient (Wildman–Crippen LogP) is 0.863. The lowest BCUT2D eigenvalue weighted by Crippen LogP contribution is -2.43. The molecule has 1 aromatic heterocycles. The Morgan fingerprint density at radius 1 is 1.50 bits per heavy atom. The van der Waals surface area contributed by atoms with Crippen molar-refractivity contribution in [3.8, 4) is 0 Å². The fourth-order valence-electron chi connectivity index (χ4n) is 2.27. The van der Waals surface area contributed by atoms with Crippen molar-refractivity contribution in [2.75, 3.05) is 50.4 Å². The van der Waals surface area contributed by atoms with Gasteiger partial charge >= 0.3 is 0 Å². The number of hydrogen-bond donors (Lipinski definition) is 2. The lowest BCUT2D eigenvalue weighted by Gasteiger charge is -2.26. The predicted molar refractivity (Wildman–Crippen MR) is 83.4 cm³/mol. The topological polar surface area (TPSA) is 74.5 Å². The van der Waals surface area contributed by atoms with Crippen LogP contribution in [-0.4, -0.2) is 55.6 Å². The second kappa shape index (κ2) is 6.41. The van der Waals surface area contributed by atoms with E-state index in [0.717, 1.165) is 37.9 Å². The summed E-state index contributed by atoms with van der Waals surface area (Å²) in [5.74, 6) is 0.755. The number of amides is 1. The highest BCUT2D eigenvalue weighted by Gasteiger charge is 2.23. The fraction of sp³-hybridized carbons (Fsp3) is 0.692. The number of piperazine rings is 1. The molecule has 0 bridgehead atoms. The molecule has 20 heavy (non-hydrogen) atoms. The van der Waals surface area contributed by atoms with E-state index in [-0.39, 0.29) is 5.91 Å². The molecule has 3 N–H and O–H groups in total. The van der Waals surface area contributed by atoms with Crippen LogP contribution in [0.5, 0.6) is 0 Å². The summed E-state index contributed by atoms with van der Waals surface area (Å²) >= 11 is 1.40. The summed E-state index contributed by atoms with van der Waals surface area (Å²) < 4.78 is 0. The van der Waals surface area contributed by atoms with Crippen LogP contribution in [0.4, 0.5) is 10.9 Å². The maximum absolute atomic E-state index is 12.4. The van der Waals surface area contributed by atoms with Crippen LogP contribution in [0.3, 0.4) is 0 Å². The minimum Gasteiger partial charge on any atom is -0.382 e. The maximum atomic E-state index is 12.4. The SMILES string of the molecule is CC(C)CN(C)C(=O)c1sc(N2CCNCC2)nc1N. The van der Waals surface area contributed by atoms with E-state index >= 15 is 0 Å². The van der Waals surface area contributed by atoms with Crippen LogP contribution in [0.2, 0.25) is 0 Å². The molecule has 0 saturated carbocycles. The Bertz CT molecular complexity index is 467. The van der Waals surface area contributed by atoms with Gasteiger partial charge < -0.3 is 20.9 Å². The van der Waals surface area contributed by atoms with E-state index in [0.29, 0.717) is 16.6 Å². The van der Waals surface area contributed by atoms with Gasteiger partial charge in [-0.25, -0.2) is 4.98 Å². The number of carbonyl (C=O) groups excluding carboxylic acids is 1. The summed E-state index contributed by atoms with van der Waals surface area (Å²) in [5, 5.41) is 4.15. The second-order valence-corrected chi connectivity index (χ2v) is 6.50. The quantitative estimate of drug-likeness (QED) is 0.862. The summed E-state index contributed by atoms with van der Waals surface area (Å²) in [6.45, 7) is 8.59. The minimum absolute atomic E-state index is 0.0323. The summed E-state index contributed by atoms with van der Waals surface area (Å²) in [6.07, 6.45) is 0. The van der Waals surface area contributed by atoms with Gasteiger partial charge in [0.25, 0.3) is 5.91 Å². The van der Waals surface area contributed by atoms with Crippen molar-refractivity contribution in [3.63, 3.8) is 0 Å². The monoisotopic (exact) mass is 297 g/mol. The van der Waals surface area contributed by atoms with Gasteiger partial charge in [0, 0.05) is 39.8 Å². The van der Waals surface area contributed by atoms with Gasteiger partial charge in [0.2, 0.25) is 0 Å². The average Bonchev–Trinajstić information content (AvgIpc) is 2.80. The van der Waals surface area contributed by atoms with E-state index in [2.05, 4.69) is 29.0 Å². The highest BCUT2D eigenvalue weighted by atomic mass is 32.1. The van der Waals surface area contributed by atoms with Crippen molar-refractivity contribution in [3.05, 3.63) is 4.88 Å². The number of aromatic nitrogens is 1. The van der Waals surface area contributed by atoms with Gasteiger partial charge in [-0.05, 0) is 5.92 Å². The zero-order chi connectivity index (χ0) is 14.7. The minimum atomic E-state index is -0.0323. The molecule has 1 fully saturated rings. The molecule has 1 aromatic rings. The van der Waals surface area contributed by atoms with Gasteiger partial charge in [-0.15, -0.1) is 0 Å². The largest absolute Gasteiger partial charge is 0.382 e. The van der Waals surface area contributed by atoms with E-state index in [4.69, 9.17) is 5.73 Å². The molecule has 0 atom stereocenters. The summed E-state index contributed by atoms with van der Waals surface area (Å²) in [7, 11) is 1.81. The highest BCUT2D eigenvalue weighted by molar-refractivity contribution is 7.18. The van der Waals surface area contributed by atoms with E-state index in [1.807, 2.05) is 7.05 Å². The molecule has 0 aromatic carbocycles. The van der Waals surface area contributed by atoms with Crippen LogP contribution in [0.25, 0.3) is 0 Å². The Morgan fingerprint density at radius 3 is 2.75 bits per heavy atom. The highest BCUT2D eigenvalue weighted by Crippen LogP contribution is 2.29. The standard InChI is InChI=1S/C13H23N5OS/c1-9(2)8-17(3)12(19)10-11(14)16-13(20-10)18-6-4-15-5-7-18/h9,15H,4-8,14H2,1-3H3. The van der Waals surface area contributed by atoms with Crippen molar-refractivity contribution < 1.29 is 4.79 Å². The van der Waals surface area contributed by atoms with E-state index in [1.54, 1.807) is 4.90 Å². The molecular formula is C13H23N5OS. The number of nitrogens with zero attached hydrogens (tertiary/aromatic N) is 3. The molecule has 1 saturated heterocycles. The van der Waals surface area contributed by atoms with Crippen molar-refractivity contribution in [1.82, 2.24) is 15.2 Å². The Hall–Kier alpha value is -1.34. The Kier molecular flexibility index (Phi) is 4.82. The van der Waals surface area contributed by atoms with E-state index in [1.165, 1.54) is 11.3 Å². The maximum Gasteiger partial charge on any atom is 0.267 e. The molecule has 0 spiro atoms. The lowest BCUT2D eigenvalue weighted by atomic mass is 10.2. The first-order valence-electron chi connectivity index (χ1n) is 6.96. The summed E-state index contributed by atoms with van der Waals surface area (Å²) in [5.41, 5.74) is 5.93. The third-order valence-corrected chi connectivity index (χ3v) is 4.33. The first kappa shape index (κ1) is 15.1. The number of thiazole rings is 1. The molecular weight excluding hydrogens is 274 g/mol. The fourth-order valence-corrected chi connectivity index (χ4v) is 3.30. The van der Waals surface area contributed by atoms with Crippen LogP contribution in [0.1, 0.15) is 23.5 Å². The first-order chi connectivity index (χ1) is 9.49. The zero-order valence-electron chi connectivity index (χ0n) is 12.3. The number of hydrogen-bond acceptors (Lipinski definition) is 6. The normalized spacial score (nSPS) is 15.7. The van der Waals surface area contributed by atoms with Crippen molar-refractivity contribution >= 4 is 28.2 Å².